The molecule has 0 bridgehead atoms. The van der Waals surface area contributed by atoms with Crippen molar-refractivity contribution in [2.24, 2.45) is 5.10 Å². The fourth-order valence-corrected chi connectivity index (χ4v) is 2.83. The van der Waals surface area contributed by atoms with E-state index < -0.39 is 10.8 Å². The normalized spacial score (nSPS) is 10.9. The molecule has 2 aromatic rings. The van der Waals surface area contributed by atoms with Crippen molar-refractivity contribution in [1.82, 2.24) is 15.2 Å². The van der Waals surface area contributed by atoms with Crippen LogP contribution in [0.1, 0.15) is 5.56 Å². The maximum absolute atomic E-state index is 11.7. The largest absolute Gasteiger partial charge is 0.506 e. The van der Waals surface area contributed by atoms with E-state index in [4.69, 9.17) is 0 Å². The molecule has 0 saturated carbocycles. The molecule has 120 valence electrons. The molecule has 1 aromatic heterocycles. The lowest BCUT2D eigenvalue weighted by Crippen LogP contribution is -2.23. The Labute approximate surface area is 146 Å². The molecule has 0 atom stereocenters. The summed E-state index contributed by atoms with van der Waals surface area (Å²) in [5.41, 5.74) is 2.43. The van der Waals surface area contributed by atoms with E-state index in [1.165, 1.54) is 6.21 Å². The van der Waals surface area contributed by atoms with Crippen molar-refractivity contribution in [3.8, 4) is 5.75 Å². The number of hydrogen-bond donors (Lipinski definition) is 2. The van der Waals surface area contributed by atoms with Gasteiger partial charge >= 0.3 is 5.69 Å². The zero-order chi connectivity index (χ0) is 17.0. The third-order valence-electron chi connectivity index (χ3n) is 2.59. The molecule has 0 aliphatic heterocycles. The predicted molar refractivity (Wildman–Crippen MR) is 88.1 cm³/mol. The van der Waals surface area contributed by atoms with Crippen LogP contribution in [0.3, 0.4) is 0 Å². The Bertz CT molecular complexity index is 790. The van der Waals surface area contributed by atoms with Crippen LogP contribution in [0.2, 0.25) is 0 Å². The van der Waals surface area contributed by atoms with Crippen molar-refractivity contribution in [1.29, 1.82) is 0 Å². The molecule has 0 saturated heterocycles. The first-order valence-corrected chi connectivity index (χ1v) is 7.62. The van der Waals surface area contributed by atoms with Crippen molar-refractivity contribution in [2.75, 3.05) is 0 Å². The molecule has 11 heteroatoms. The average Bonchev–Trinajstić information content (AvgIpc) is 2.92. The Morgan fingerprint density at radius 1 is 1.52 bits per heavy atom. The van der Waals surface area contributed by atoms with Crippen LogP contribution in [-0.2, 0) is 11.3 Å². The topological polar surface area (TPSA) is 123 Å². The number of halogens is 2. The van der Waals surface area contributed by atoms with Crippen LogP contribution in [0.5, 0.6) is 5.75 Å². The van der Waals surface area contributed by atoms with Crippen molar-refractivity contribution in [3.63, 3.8) is 0 Å². The number of rotatable bonds is 5. The van der Waals surface area contributed by atoms with Gasteiger partial charge in [-0.15, -0.1) is 0 Å². The average molecular weight is 447 g/mol. The van der Waals surface area contributed by atoms with Crippen LogP contribution in [0, 0.1) is 10.1 Å². The van der Waals surface area contributed by atoms with Crippen molar-refractivity contribution in [2.45, 2.75) is 6.54 Å². The molecule has 0 aliphatic rings. The SMILES string of the molecule is O=C(Cn1cc([N+](=O)[O-])cn1)N/N=C/c1cc(Br)cc(Br)c1O. The summed E-state index contributed by atoms with van der Waals surface area (Å²) in [6.45, 7) is -0.223. The molecule has 1 aromatic carbocycles. The lowest BCUT2D eigenvalue weighted by atomic mass is 10.2. The maximum Gasteiger partial charge on any atom is 0.307 e. The highest BCUT2D eigenvalue weighted by Gasteiger charge is 2.11. The zero-order valence-corrected chi connectivity index (χ0v) is 14.5. The van der Waals surface area contributed by atoms with E-state index in [9.17, 15) is 20.0 Å². The van der Waals surface area contributed by atoms with Crippen molar-refractivity contribution in [3.05, 3.63) is 49.1 Å². The van der Waals surface area contributed by atoms with Gasteiger partial charge in [-0.25, -0.2) is 5.43 Å². The number of aromatic nitrogens is 2. The molecule has 0 fully saturated rings. The van der Waals surface area contributed by atoms with Crippen LogP contribution < -0.4 is 5.43 Å². The van der Waals surface area contributed by atoms with Gasteiger partial charge < -0.3 is 5.11 Å². The highest BCUT2D eigenvalue weighted by Crippen LogP contribution is 2.30. The predicted octanol–water partition coefficient (Wildman–Crippen LogP) is 2.17. The Hall–Kier alpha value is -2.27. The van der Waals surface area contributed by atoms with E-state index in [0.29, 0.717) is 10.0 Å². The number of carbonyl (C=O) groups excluding carboxylic acids is 1. The van der Waals surface area contributed by atoms with Gasteiger partial charge in [0.1, 0.15) is 24.7 Å². The summed E-state index contributed by atoms with van der Waals surface area (Å²) in [5.74, 6) is -0.540. The van der Waals surface area contributed by atoms with Gasteiger partial charge in [0, 0.05) is 10.0 Å². The summed E-state index contributed by atoms with van der Waals surface area (Å²) in [5, 5.41) is 27.8. The second-order valence-corrected chi connectivity index (χ2v) is 6.04. The molecule has 0 unspecified atom stereocenters. The van der Waals surface area contributed by atoms with E-state index >= 15 is 0 Å². The Morgan fingerprint density at radius 2 is 2.26 bits per heavy atom. The number of hydrazone groups is 1. The quantitative estimate of drug-likeness (QED) is 0.414. The highest BCUT2D eigenvalue weighted by atomic mass is 79.9. The van der Waals surface area contributed by atoms with Gasteiger partial charge in [0.15, 0.2) is 0 Å². The van der Waals surface area contributed by atoms with Crippen molar-refractivity contribution >= 4 is 49.7 Å². The van der Waals surface area contributed by atoms with E-state index in [-0.39, 0.29) is 18.0 Å². The number of benzene rings is 1. The van der Waals surface area contributed by atoms with Crippen LogP contribution in [0.4, 0.5) is 5.69 Å². The number of phenolic OH excluding ortho intramolecular Hbond substituents is 1. The molecule has 2 N–H and O–H groups in total. The first kappa shape index (κ1) is 17.1. The van der Waals surface area contributed by atoms with Gasteiger partial charge in [0.05, 0.1) is 15.6 Å². The third kappa shape index (κ3) is 4.60. The van der Waals surface area contributed by atoms with E-state index in [1.807, 2.05) is 0 Å². The number of nitrogens with one attached hydrogen (secondary N) is 1. The van der Waals surface area contributed by atoms with Crippen LogP contribution >= 0.6 is 31.9 Å². The first-order chi connectivity index (χ1) is 10.9. The third-order valence-corrected chi connectivity index (χ3v) is 3.65. The lowest BCUT2D eigenvalue weighted by Gasteiger charge is -2.03. The smallest absolute Gasteiger partial charge is 0.307 e. The Morgan fingerprint density at radius 3 is 2.91 bits per heavy atom. The molecule has 0 radical (unpaired) electrons. The summed E-state index contributed by atoms with van der Waals surface area (Å²) in [6, 6.07) is 3.28. The van der Waals surface area contributed by atoms with Gasteiger partial charge in [-0.1, -0.05) is 15.9 Å². The number of nitro groups is 1. The lowest BCUT2D eigenvalue weighted by molar-refractivity contribution is -0.385. The molecule has 1 amide bonds. The summed E-state index contributed by atoms with van der Waals surface area (Å²) in [4.78, 5) is 21.6. The first-order valence-electron chi connectivity index (χ1n) is 6.03. The fourth-order valence-electron chi connectivity index (χ4n) is 1.57. The number of hydrogen-bond acceptors (Lipinski definition) is 6. The number of phenols is 1. The van der Waals surface area contributed by atoms with Crippen molar-refractivity contribution < 1.29 is 14.8 Å². The van der Waals surface area contributed by atoms with E-state index in [2.05, 4.69) is 47.5 Å². The van der Waals surface area contributed by atoms with Gasteiger partial charge in [-0.3, -0.25) is 19.6 Å². The summed E-state index contributed by atoms with van der Waals surface area (Å²) in [6.07, 6.45) is 3.46. The van der Waals surface area contributed by atoms with Gasteiger partial charge in [-0.2, -0.15) is 10.2 Å². The number of amides is 1. The molecular weight excluding hydrogens is 438 g/mol. The van der Waals surface area contributed by atoms with Crippen LogP contribution in [0.25, 0.3) is 0 Å². The van der Waals surface area contributed by atoms with Crippen LogP contribution in [0.15, 0.2) is 38.6 Å². The summed E-state index contributed by atoms with van der Waals surface area (Å²) in [7, 11) is 0. The van der Waals surface area contributed by atoms with E-state index in [1.54, 1.807) is 12.1 Å². The summed E-state index contributed by atoms with van der Waals surface area (Å²) < 4.78 is 2.32. The number of carbonyl (C=O) groups is 1. The number of aromatic hydroxyl groups is 1. The van der Waals surface area contributed by atoms with Gasteiger partial charge in [0.2, 0.25) is 0 Å². The molecule has 0 aliphatic carbocycles. The molecule has 1 heterocycles. The number of nitrogens with zero attached hydrogens (tertiary/aromatic N) is 4. The molecule has 2 rings (SSSR count). The Balaban J connectivity index is 1.97. The maximum atomic E-state index is 11.7. The van der Waals surface area contributed by atoms with E-state index in [0.717, 1.165) is 21.5 Å². The zero-order valence-electron chi connectivity index (χ0n) is 11.3. The second kappa shape index (κ2) is 7.33. The minimum atomic E-state index is -0.604. The monoisotopic (exact) mass is 445 g/mol. The van der Waals surface area contributed by atoms with Gasteiger partial charge in [-0.05, 0) is 28.1 Å². The fraction of sp³-hybridized carbons (Fsp3) is 0.0833. The minimum absolute atomic E-state index is 0.0195. The Kier molecular flexibility index (Phi) is 5.45. The minimum Gasteiger partial charge on any atom is -0.506 e. The molecule has 23 heavy (non-hydrogen) atoms. The second-order valence-electron chi connectivity index (χ2n) is 4.27. The molecule has 0 spiro atoms. The summed E-state index contributed by atoms with van der Waals surface area (Å²) >= 11 is 6.45. The highest BCUT2D eigenvalue weighted by molar-refractivity contribution is 9.11. The standard InChI is InChI=1S/C12H9Br2N5O4/c13-8-1-7(12(21)10(14)2-8)3-15-17-11(20)6-18-5-9(4-16-18)19(22)23/h1-5,21H,6H2,(H,17,20)/b15-3+. The molecule has 9 nitrogen and oxygen atoms in total. The molecular formula is C12H9Br2N5O4. The van der Waals surface area contributed by atoms with Gasteiger partial charge in [0.25, 0.3) is 5.91 Å². The van der Waals surface area contributed by atoms with Crippen LogP contribution in [-0.4, -0.2) is 31.9 Å².